The van der Waals surface area contributed by atoms with Crippen molar-refractivity contribution < 1.29 is 4.79 Å². The summed E-state index contributed by atoms with van der Waals surface area (Å²) < 4.78 is 0. The second kappa shape index (κ2) is 4.97. The highest BCUT2D eigenvalue weighted by atomic mass is 16.1. The van der Waals surface area contributed by atoms with E-state index in [0.29, 0.717) is 5.41 Å². The molecule has 0 saturated heterocycles. The van der Waals surface area contributed by atoms with E-state index in [1.165, 1.54) is 31.2 Å². The van der Waals surface area contributed by atoms with Gasteiger partial charge in [-0.05, 0) is 48.6 Å². The minimum Gasteiger partial charge on any atom is -0.326 e. The van der Waals surface area contributed by atoms with Crippen molar-refractivity contribution in [3.05, 3.63) is 29.8 Å². The third kappa shape index (κ3) is 2.98. The van der Waals surface area contributed by atoms with Crippen LogP contribution < -0.4 is 10.6 Å². The molecule has 0 unspecified atom stereocenters. The predicted molar refractivity (Wildman–Crippen MR) is 76.8 cm³/mol. The molecule has 0 heterocycles. The predicted octanol–water partition coefficient (Wildman–Crippen LogP) is 2.92. The Morgan fingerprint density at radius 2 is 2.05 bits per heavy atom. The molecule has 3 nitrogen and oxygen atoms in total. The van der Waals surface area contributed by atoms with Crippen LogP contribution in [0.5, 0.6) is 0 Å². The molecule has 3 rings (SSSR count). The molecule has 3 heteroatoms. The molecule has 0 aromatic heterocycles. The second-order valence-electron chi connectivity index (χ2n) is 6.08. The number of hydrogen-bond donors (Lipinski definition) is 2. The maximum absolute atomic E-state index is 11.2. The summed E-state index contributed by atoms with van der Waals surface area (Å²) >= 11 is 0. The number of carbonyl (C=O) groups excluding carboxylic acids is 1. The average Bonchev–Trinajstić information content (AvgIpc) is 3.25. The van der Waals surface area contributed by atoms with Gasteiger partial charge in [-0.1, -0.05) is 18.2 Å². The van der Waals surface area contributed by atoms with E-state index in [1.807, 2.05) is 18.2 Å². The molecule has 1 amide bonds. The van der Waals surface area contributed by atoms with Crippen LogP contribution in [0.3, 0.4) is 0 Å². The zero-order valence-corrected chi connectivity index (χ0v) is 11.5. The van der Waals surface area contributed by atoms with Gasteiger partial charge in [-0.2, -0.15) is 0 Å². The third-order valence-electron chi connectivity index (χ3n) is 4.46. The Morgan fingerprint density at radius 1 is 1.32 bits per heavy atom. The first-order valence-corrected chi connectivity index (χ1v) is 7.26. The Labute approximate surface area is 114 Å². The van der Waals surface area contributed by atoms with E-state index >= 15 is 0 Å². The van der Waals surface area contributed by atoms with Gasteiger partial charge in [0.15, 0.2) is 0 Å². The quantitative estimate of drug-likeness (QED) is 0.823. The van der Waals surface area contributed by atoms with Gasteiger partial charge in [0.1, 0.15) is 0 Å². The molecular weight excluding hydrogens is 236 g/mol. The van der Waals surface area contributed by atoms with E-state index in [-0.39, 0.29) is 5.91 Å². The van der Waals surface area contributed by atoms with E-state index in [2.05, 4.69) is 16.7 Å². The first-order chi connectivity index (χ1) is 9.20. The van der Waals surface area contributed by atoms with Gasteiger partial charge in [-0.3, -0.25) is 4.79 Å². The molecule has 102 valence electrons. The first-order valence-electron chi connectivity index (χ1n) is 7.26. The van der Waals surface area contributed by atoms with E-state index in [4.69, 9.17) is 0 Å². The highest BCUT2D eigenvalue weighted by Crippen LogP contribution is 2.60. The fraction of sp³-hybridized carbons (Fsp3) is 0.562. The van der Waals surface area contributed by atoms with E-state index in [0.717, 1.165) is 24.7 Å². The largest absolute Gasteiger partial charge is 0.326 e. The molecule has 0 radical (unpaired) electrons. The lowest BCUT2D eigenvalue weighted by atomic mass is 10.0. The van der Waals surface area contributed by atoms with E-state index < -0.39 is 0 Å². The smallest absolute Gasteiger partial charge is 0.221 e. The molecule has 0 spiro atoms. The summed E-state index contributed by atoms with van der Waals surface area (Å²) in [6.07, 6.45) is 5.67. The molecule has 19 heavy (non-hydrogen) atoms. The van der Waals surface area contributed by atoms with Crippen molar-refractivity contribution in [2.45, 2.75) is 39.2 Å². The van der Waals surface area contributed by atoms with Gasteiger partial charge in [-0.15, -0.1) is 0 Å². The van der Waals surface area contributed by atoms with Gasteiger partial charge >= 0.3 is 0 Å². The number of rotatable bonds is 6. The Balaban J connectivity index is 1.56. The molecule has 2 aliphatic rings. The molecule has 0 aliphatic heterocycles. The topological polar surface area (TPSA) is 41.1 Å². The molecule has 2 saturated carbocycles. The van der Waals surface area contributed by atoms with Crippen LogP contribution in [0.15, 0.2) is 24.3 Å². The van der Waals surface area contributed by atoms with E-state index in [1.54, 1.807) is 6.92 Å². The highest BCUT2D eigenvalue weighted by Gasteiger charge is 2.53. The van der Waals surface area contributed by atoms with Gasteiger partial charge in [0.2, 0.25) is 5.91 Å². The third-order valence-corrected chi connectivity index (χ3v) is 4.46. The van der Waals surface area contributed by atoms with Crippen LogP contribution in [0.1, 0.15) is 38.2 Å². The zero-order chi connectivity index (χ0) is 13.3. The van der Waals surface area contributed by atoms with E-state index in [9.17, 15) is 4.79 Å². The van der Waals surface area contributed by atoms with Crippen LogP contribution in [-0.4, -0.2) is 12.5 Å². The maximum Gasteiger partial charge on any atom is 0.221 e. The Bertz CT molecular complexity index is 475. The lowest BCUT2D eigenvalue weighted by Crippen LogP contribution is -2.25. The van der Waals surface area contributed by atoms with Crippen molar-refractivity contribution in [3.8, 4) is 0 Å². The van der Waals surface area contributed by atoms with Crippen LogP contribution in [0.25, 0.3) is 0 Å². The van der Waals surface area contributed by atoms with Crippen molar-refractivity contribution in [2.75, 3.05) is 11.9 Å². The van der Waals surface area contributed by atoms with Gasteiger partial charge in [0, 0.05) is 25.7 Å². The highest BCUT2D eigenvalue weighted by molar-refractivity contribution is 5.89. The summed E-state index contributed by atoms with van der Waals surface area (Å²) in [7, 11) is 0. The fourth-order valence-corrected chi connectivity index (χ4v) is 3.02. The van der Waals surface area contributed by atoms with Gasteiger partial charge in [0.05, 0.1) is 0 Å². The summed E-state index contributed by atoms with van der Waals surface area (Å²) in [6.45, 7) is 3.52. The molecule has 0 atom stereocenters. The number of nitrogens with one attached hydrogen (secondary N) is 2. The van der Waals surface area contributed by atoms with Crippen molar-refractivity contribution in [1.29, 1.82) is 0 Å². The van der Waals surface area contributed by atoms with Gasteiger partial charge < -0.3 is 10.6 Å². The minimum absolute atomic E-state index is 0.0101. The molecular formula is C16H22N2O. The summed E-state index contributed by atoms with van der Waals surface area (Å²) in [5.41, 5.74) is 2.73. The van der Waals surface area contributed by atoms with Crippen molar-refractivity contribution in [3.63, 3.8) is 0 Å². The lowest BCUT2D eigenvalue weighted by Gasteiger charge is -2.16. The first kappa shape index (κ1) is 12.7. The summed E-state index contributed by atoms with van der Waals surface area (Å²) in [4.78, 5) is 11.2. The normalized spacial score (nSPS) is 20.1. The van der Waals surface area contributed by atoms with Crippen LogP contribution in [0, 0.1) is 11.3 Å². The molecule has 2 N–H and O–H groups in total. The SMILES string of the molecule is CC(=O)Nc1ccccc1CNCC1(C2CC2)CC1. The van der Waals surface area contributed by atoms with Gasteiger partial charge in [-0.25, -0.2) is 0 Å². The average molecular weight is 258 g/mol. The molecule has 1 aromatic carbocycles. The summed E-state index contributed by atoms with van der Waals surface area (Å²) in [5, 5.41) is 6.48. The number of benzene rings is 1. The number of hydrogen-bond acceptors (Lipinski definition) is 2. The van der Waals surface area contributed by atoms with Crippen LogP contribution >= 0.6 is 0 Å². The fourth-order valence-electron chi connectivity index (χ4n) is 3.02. The number of para-hydroxylation sites is 1. The Hall–Kier alpha value is -1.35. The zero-order valence-electron chi connectivity index (χ0n) is 11.5. The molecule has 1 aromatic rings. The molecule has 2 fully saturated rings. The van der Waals surface area contributed by atoms with Crippen LogP contribution in [0.4, 0.5) is 5.69 Å². The number of amides is 1. The van der Waals surface area contributed by atoms with Gasteiger partial charge in [0.25, 0.3) is 0 Å². The van der Waals surface area contributed by atoms with Crippen molar-refractivity contribution in [2.24, 2.45) is 11.3 Å². The Kier molecular flexibility index (Phi) is 3.31. The van der Waals surface area contributed by atoms with Crippen molar-refractivity contribution in [1.82, 2.24) is 5.32 Å². The molecule has 2 aliphatic carbocycles. The van der Waals surface area contributed by atoms with Crippen LogP contribution in [-0.2, 0) is 11.3 Å². The molecule has 0 bridgehead atoms. The maximum atomic E-state index is 11.2. The summed E-state index contributed by atoms with van der Waals surface area (Å²) in [6, 6.07) is 8.03. The summed E-state index contributed by atoms with van der Waals surface area (Å²) in [5.74, 6) is 0.981. The Morgan fingerprint density at radius 3 is 2.68 bits per heavy atom. The minimum atomic E-state index is -0.0101. The number of carbonyl (C=O) groups is 1. The second-order valence-corrected chi connectivity index (χ2v) is 6.08. The van der Waals surface area contributed by atoms with Crippen molar-refractivity contribution >= 4 is 11.6 Å². The monoisotopic (exact) mass is 258 g/mol. The lowest BCUT2D eigenvalue weighted by molar-refractivity contribution is -0.114. The standard InChI is InChI=1S/C16H22N2O/c1-12(19)18-15-5-3-2-4-13(15)10-17-11-16(8-9-16)14-6-7-14/h2-5,14,17H,6-11H2,1H3,(H,18,19). The van der Waals surface area contributed by atoms with Crippen LogP contribution in [0.2, 0.25) is 0 Å². The number of anilines is 1.